The normalized spacial score (nSPS) is 21.4. The van der Waals surface area contributed by atoms with Gasteiger partial charge in [0.1, 0.15) is 6.10 Å². The molecular formula is C15H17N3O3. The van der Waals surface area contributed by atoms with Crippen LogP contribution in [-0.2, 0) is 9.53 Å². The molecule has 0 aliphatic carbocycles. The molecule has 2 aromatic rings. The molecule has 1 aromatic heterocycles. The first-order valence-electron chi connectivity index (χ1n) is 6.91. The van der Waals surface area contributed by atoms with E-state index < -0.39 is 6.10 Å². The van der Waals surface area contributed by atoms with E-state index in [1.807, 2.05) is 24.3 Å². The molecular weight excluding hydrogens is 270 g/mol. The zero-order chi connectivity index (χ0) is 14.7. The second-order valence-electron chi connectivity index (χ2n) is 4.99. The third kappa shape index (κ3) is 3.12. The van der Waals surface area contributed by atoms with E-state index in [1.165, 1.54) is 6.39 Å². The summed E-state index contributed by atoms with van der Waals surface area (Å²) in [4.78, 5) is 16.0. The summed E-state index contributed by atoms with van der Waals surface area (Å²) >= 11 is 0. The molecule has 1 aliphatic heterocycles. The minimum atomic E-state index is -0.410. The van der Waals surface area contributed by atoms with Crippen molar-refractivity contribution in [2.45, 2.75) is 25.0 Å². The second-order valence-corrected chi connectivity index (χ2v) is 4.99. The molecule has 0 radical (unpaired) electrons. The molecule has 6 nitrogen and oxygen atoms in total. The number of carbonyl (C=O) groups excluding carboxylic acids is 1. The van der Waals surface area contributed by atoms with Crippen LogP contribution in [0.1, 0.15) is 12.8 Å². The van der Waals surface area contributed by atoms with Gasteiger partial charge in [-0.25, -0.2) is 4.98 Å². The highest BCUT2D eigenvalue weighted by atomic mass is 16.5. The van der Waals surface area contributed by atoms with Gasteiger partial charge in [-0.15, -0.1) is 0 Å². The van der Waals surface area contributed by atoms with Gasteiger partial charge in [-0.3, -0.25) is 4.79 Å². The molecule has 1 aromatic carbocycles. The Morgan fingerprint density at radius 2 is 2.14 bits per heavy atom. The first kappa shape index (κ1) is 13.8. The molecule has 1 saturated heterocycles. The summed E-state index contributed by atoms with van der Waals surface area (Å²) < 4.78 is 10.8. The van der Waals surface area contributed by atoms with Crippen LogP contribution in [0.25, 0.3) is 11.3 Å². The molecule has 0 bridgehead atoms. The fourth-order valence-corrected chi connectivity index (χ4v) is 2.37. The van der Waals surface area contributed by atoms with Crippen LogP contribution in [0.3, 0.4) is 0 Å². The third-order valence-corrected chi connectivity index (χ3v) is 3.53. The highest BCUT2D eigenvalue weighted by molar-refractivity contribution is 5.94. The van der Waals surface area contributed by atoms with E-state index in [1.54, 1.807) is 6.20 Å². The number of nitrogens with zero attached hydrogens (tertiary/aromatic N) is 1. The van der Waals surface area contributed by atoms with Gasteiger partial charge in [0, 0.05) is 17.8 Å². The van der Waals surface area contributed by atoms with Crippen LogP contribution in [0.2, 0.25) is 0 Å². The number of amides is 1. The predicted octanol–water partition coefficient (Wildman–Crippen LogP) is 1.79. The van der Waals surface area contributed by atoms with Crippen LogP contribution in [0.15, 0.2) is 41.3 Å². The van der Waals surface area contributed by atoms with Gasteiger partial charge >= 0.3 is 0 Å². The van der Waals surface area contributed by atoms with E-state index in [-0.39, 0.29) is 12.0 Å². The summed E-state index contributed by atoms with van der Waals surface area (Å²) in [7, 11) is 0. The van der Waals surface area contributed by atoms with E-state index in [4.69, 9.17) is 14.9 Å². The van der Waals surface area contributed by atoms with Crippen LogP contribution in [0, 0.1) is 0 Å². The average Bonchev–Trinajstić information content (AvgIpc) is 3.19. The van der Waals surface area contributed by atoms with Gasteiger partial charge in [0.25, 0.3) is 5.91 Å². The van der Waals surface area contributed by atoms with Crippen LogP contribution in [0.5, 0.6) is 0 Å². The van der Waals surface area contributed by atoms with E-state index in [9.17, 15) is 4.79 Å². The number of rotatable bonds is 4. The minimum absolute atomic E-state index is 0.00502. The summed E-state index contributed by atoms with van der Waals surface area (Å²) in [5, 5.41) is 2.85. The molecule has 110 valence electrons. The fourth-order valence-electron chi connectivity index (χ4n) is 2.37. The highest BCUT2D eigenvalue weighted by Gasteiger charge is 2.29. The zero-order valence-corrected chi connectivity index (χ0v) is 11.5. The molecule has 1 aliphatic rings. The standard InChI is InChI=1S/C15H17N3O3/c16-7-12-5-6-13(21-12)15(19)18-11-3-1-10(2-4-11)14-8-17-9-20-14/h1-4,8-9,12-13H,5-7,16H2,(H,18,19). The van der Waals surface area contributed by atoms with Gasteiger partial charge in [0.2, 0.25) is 0 Å². The van der Waals surface area contributed by atoms with Crippen molar-refractivity contribution in [2.24, 2.45) is 5.73 Å². The van der Waals surface area contributed by atoms with E-state index in [0.717, 1.165) is 17.7 Å². The molecule has 2 atom stereocenters. The Bertz CT molecular complexity index is 595. The molecule has 0 saturated carbocycles. The zero-order valence-electron chi connectivity index (χ0n) is 11.5. The summed E-state index contributed by atoms with van der Waals surface area (Å²) in [5.41, 5.74) is 7.17. The molecule has 0 spiro atoms. The Balaban J connectivity index is 1.62. The van der Waals surface area contributed by atoms with Crippen LogP contribution in [-0.4, -0.2) is 29.6 Å². The number of anilines is 1. The third-order valence-electron chi connectivity index (χ3n) is 3.53. The van der Waals surface area contributed by atoms with Crippen molar-refractivity contribution < 1.29 is 13.9 Å². The maximum absolute atomic E-state index is 12.1. The Hall–Kier alpha value is -2.18. The van der Waals surface area contributed by atoms with Crippen LogP contribution >= 0.6 is 0 Å². The van der Waals surface area contributed by atoms with Crippen molar-refractivity contribution in [1.29, 1.82) is 0 Å². The maximum atomic E-state index is 12.1. The minimum Gasteiger partial charge on any atom is -0.444 e. The monoisotopic (exact) mass is 287 g/mol. The smallest absolute Gasteiger partial charge is 0.253 e. The molecule has 6 heteroatoms. The first-order chi connectivity index (χ1) is 10.3. The number of oxazole rings is 1. The van der Waals surface area contributed by atoms with Crippen molar-refractivity contribution >= 4 is 11.6 Å². The summed E-state index contributed by atoms with van der Waals surface area (Å²) in [6.45, 7) is 0.454. The lowest BCUT2D eigenvalue weighted by molar-refractivity contribution is -0.126. The van der Waals surface area contributed by atoms with E-state index in [2.05, 4.69) is 10.3 Å². The van der Waals surface area contributed by atoms with Crippen LogP contribution < -0.4 is 11.1 Å². The Kier molecular flexibility index (Phi) is 3.98. The number of carbonyl (C=O) groups is 1. The second kappa shape index (κ2) is 6.07. The number of aromatic nitrogens is 1. The van der Waals surface area contributed by atoms with Crippen molar-refractivity contribution in [2.75, 3.05) is 11.9 Å². The fraction of sp³-hybridized carbons (Fsp3) is 0.333. The van der Waals surface area contributed by atoms with Gasteiger partial charge in [-0.05, 0) is 37.1 Å². The van der Waals surface area contributed by atoms with Crippen molar-refractivity contribution in [3.63, 3.8) is 0 Å². The maximum Gasteiger partial charge on any atom is 0.253 e. The molecule has 21 heavy (non-hydrogen) atoms. The van der Waals surface area contributed by atoms with Gasteiger partial charge in [-0.2, -0.15) is 0 Å². The SMILES string of the molecule is NCC1CCC(C(=O)Nc2ccc(-c3cnco3)cc2)O1. The Labute approximate surface area is 122 Å². The van der Waals surface area contributed by atoms with Gasteiger partial charge in [-0.1, -0.05) is 0 Å². The number of nitrogens with one attached hydrogen (secondary N) is 1. The summed E-state index contributed by atoms with van der Waals surface area (Å²) in [6.07, 6.45) is 4.16. The van der Waals surface area contributed by atoms with E-state index in [0.29, 0.717) is 18.7 Å². The van der Waals surface area contributed by atoms with Gasteiger partial charge in [0.05, 0.1) is 12.3 Å². The molecule has 3 N–H and O–H groups in total. The van der Waals surface area contributed by atoms with Gasteiger partial charge in [0.15, 0.2) is 12.2 Å². The highest BCUT2D eigenvalue weighted by Crippen LogP contribution is 2.23. The molecule has 2 heterocycles. The largest absolute Gasteiger partial charge is 0.444 e. The Morgan fingerprint density at radius 1 is 1.33 bits per heavy atom. The van der Waals surface area contributed by atoms with Crippen molar-refractivity contribution in [3.8, 4) is 11.3 Å². The quantitative estimate of drug-likeness (QED) is 0.894. The topological polar surface area (TPSA) is 90.4 Å². The molecule has 3 rings (SSSR count). The number of benzene rings is 1. The molecule has 1 fully saturated rings. The van der Waals surface area contributed by atoms with E-state index >= 15 is 0 Å². The lowest BCUT2D eigenvalue weighted by Gasteiger charge is -2.12. The lowest BCUT2D eigenvalue weighted by atomic mass is 10.1. The lowest BCUT2D eigenvalue weighted by Crippen LogP contribution is -2.29. The number of hydrogen-bond acceptors (Lipinski definition) is 5. The number of nitrogens with two attached hydrogens (primary N) is 1. The number of hydrogen-bond donors (Lipinski definition) is 2. The van der Waals surface area contributed by atoms with Crippen LogP contribution in [0.4, 0.5) is 5.69 Å². The average molecular weight is 287 g/mol. The van der Waals surface area contributed by atoms with Gasteiger partial charge < -0.3 is 20.2 Å². The first-order valence-corrected chi connectivity index (χ1v) is 6.91. The summed E-state index contributed by atoms with van der Waals surface area (Å²) in [6, 6.07) is 7.39. The molecule has 2 unspecified atom stereocenters. The Morgan fingerprint density at radius 3 is 2.76 bits per heavy atom. The molecule has 1 amide bonds. The number of ether oxygens (including phenoxy) is 1. The van der Waals surface area contributed by atoms with Crippen molar-refractivity contribution in [3.05, 3.63) is 36.9 Å². The van der Waals surface area contributed by atoms with Crippen molar-refractivity contribution in [1.82, 2.24) is 4.98 Å². The predicted molar refractivity (Wildman–Crippen MR) is 77.5 cm³/mol. The summed E-state index contributed by atoms with van der Waals surface area (Å²) in [5.74, 6) is 0.566.